The highest BCUT2D eigenvalue weighted by Gasteiger charge is 2.16. The van der Waals surface area contributed by atoms with Crippen molar-refractivity contribution in [3.8, 4) is 11.5 Å². The molecule has 7 heteroatoms. The van der Waals surface area contributed by atoms with Crippen LogP contribution in [0.2, 0.25) is 0 Å². The SMILES string of the molecule is CC(C)OCCCNC(=S)NC(=O)c1ccc2c(c1)OCO2. The summed E-state index contributed by atoms with van der Waals surface area (Å²) in [6.07, 6.45) is 1.04. The average Bonchev–Trinajstić information content (AvgIpc) is 2.93. The maximum Gasteiger partial charge on any atom is 0.257 e. The number of rotatable bonds is 6. The molecule has 2 rings (SSSR count). The van der Waals surface area contributed by atoms with E-state index >= 15 is 0 Å². The number of carbonyl (C=O) groups excluding carboxylic acids is 1. The maximum atomic E-state index is 12.1. The van der Waals surface area contributed by atoms with E-state index in [0.717, 1.165) is 6.42 Å². The third kappa shape index (κ3) is 4.85. The monoisotopic (exact) mass is 324 g/mol. The van der Waals surface area contributed by atoms with Crippen LogP contribution in [0, 0.1) is 0 Å². The van der Waals surface area contributed by atoms with Gasteiger partial charge in [-0.05, 0) is 50.7 Å². The molecule has 1 heterocycles. The molecule has 0 bridgehead atoms. The number of nitrogens with one attached hydrogen (secondary N) is 2. The van der Waals surface area contributed by atoms with Gasteiger partial charge in [0.2, 0.25) is 6.79 Å². The van der Waals surface area contributed by atoms with Crippen LogP contribution in [0.25, 0.3) is 0 Å². The number of fused-ring (bicyclic) bond motifs is 1. The fourth-order valence-corrected chi connectivity index (χ4v) is 2.05. The summed E-state index contributed by atoms with van der Waals surface area (Å²) < 4.78 is 15.9. The van der Waals surface area contributed by atoms with E-state index in [1.54, 1.807) is 18.2 Å². The summed E-state index contributed by atoms with van der Waals surface area (Å²) in [7, 11) is 0. The Morgan fingerprint density at radius 3 is 2.91 bits per heavy atom. The molecule has 0 aromatic heterocycles. The Kier molecular flexibility index (Phi) is 5.97. The highest BCUT2D eigenvalue weighted by Crippen LogP contribution is 2.32. The van der Waals surface area contributed by atoms with Gasteiger partial charge in [-0.15, -0.1) is 0 Å². The molecule has 1 aliphatic heterocycles. The molecule has 0 aliphatic carbocycles. The quantitative estimate of drug-likeness (QED) is 0.615. The second kappa shape index (κ2) is 7.95. The summed E-state index contributed by atoms with van der Waals surface area (Å²) in [4.78, 5) is 12.1. The van der Waals surface area contributed by atoms with E-state index in [2.05, 4.69) is 10.6 Å². The predicted molar refractivity (Wildman–Crippen MR) is 86.3 cm³/mol. The summed E-state index contributed by atoms with van der Waals surface area (Å²) in [5, 5.41) is 5.90. The Morgan fingerprint density at radius 1 is 1.36 bits per heavy atom. The van der Waals surface area contributed by atoms with Crippen LogP contribution < -0.4 is 20.1 Å². The van der Waals surface area contributed by atoms with Crippen molar-refractivity contribution in [2.75, 3.05) is 19.9 Å². The van der Waals surface area contributed by atoms with Gasteiger partial charge in [0.25, 0.3) is 5.91 Å². The summed E-state index contributed by atoms with van der Waals surface area (Å²) in [6.45, 7) is 5.46. The minimum Gasteiger partial charge on any atom is -0.454 e. The van der Waals surface area contributed by atoms with Crippen molar-refractivity contribution in [3.05, 3.63) is 23.8 Å². The van der Waals surface area contributed by atoms with Crippen LogP contribution in [0.15, 0.2) is 18.2 Å². The van der Waals surface area contributed by atoms with Crippen molar-refractivity contribution in [1.82, 2.24) is 10.6 Å². The van der Waals surface area contributed by atoms with E-state index in [9.17, 15) is 4.79 Å². The Labute approximate surface area is 135 Å². The maximum absolute atomic E-state index is 12.1. The molecular weight excluding hydrogens is 304 g/mol. The van der Waals surface area contributed by atoms with Crippen LogP contribution in [0.5, 0.6) is 11.5 Å². The van der Waals surface area contributed by atoms with Crippen molar-refractivity contribution in [1.29, 1.82) is 0 Å². The Bertz CT molecular complexity index is 548. The average molecular weight is 324 g/mol. The summed E-state index contributed by atoms with van der Waals surface area (Å²) in [5.41, 5.74) is 0.469. The second-order valence-corrected chi connectivity index (χ2v) is 5.46. The number of ether oxygens (including phenoxy) is 3. The highest BCUT2D eigenvalue weighted by molar-refractivity contribution is 7.80. The van der Waals surface area contributed by atoms with Gasteiger partial charge >= 0.3 is 0 Å². The Hall–Kier alpha value is -1.86. The lowest BCUT2D eigenvalue weighted by Gasteiger charge is -2.11. The molecular formula is C15H20N2O4S. The zero-order valence-corrected chi connectivity index (χ0v) is 13.5. The number of hydrogen-bond donors (Lipinski definition) is 2. The fourth-order valence-electron chi connectivity index (χ4n) is 1.85. The lowest BCUT2D eigenvalue weighted by Crippen LogP contribution is -2.39. The zero-order chi connectivity index (χ0) is 15.9. The first kappa shape index (κ1) is 16.5. The van der Waals surface area contributed by atoms with E-state index in [1.165, 1.54) is 0 Å². The van der Waals surface area contributed by atoms with Gasteiger partial charge in [0.05, 0.1) is 6.10 Å². The predicted octanol–water partition coefficient (Wildman–Crippen LogP) is 1.83. The molecule has 22 heavy (non-hydrogen) atoms. The second-order valence-electron chi connectivity index (χ2n) is 5.05. The smallest absolute Gasteiger partial charge is 0.257 e. The third-order valence-electron chi connectivity index (χ3n) is 2.92. The largest absolute Gasteiger partial charge is 0.454 e. The van der Waals surface area contributed by atoms with Gasteiger partial charge < -0.3 is 19.5 Å². The van der Waals surface area contributed by atoms with Crippen molar-refractivity contribution < 1.29 is 19.0 Å². The molecule has 0 radical (unpaired) electrons. The van der Waals surface area contributed by atoms with Crippen LogP contribution in [0.4, 0.5) is 0 Å². The summed E-state index contributed by atoms with van der Waals surface area (Å²) >= 11 is 5.09. The van der Waals surface area contributed by atoms with Gasteiger partial charge in [-0.2, -0.15) is 0 Å². The molecule has 1 aromatic rings. The minimum atomic E-state index is -0.283. The first-order valence-electron chi connectivity index (χ1n) is 7.16. The van der Waals surface area contributed by atoms with Gasteiger partial charge in [0.1, 0.15) is 0 Å². The molecule has 1 aromatic carbocycles. The number of hydrogen-bond acceptors (Lipinski definition) is 5. The standard InChI is InChI=1S/C15H20N2O4S/c1-10(2)19-7-3-6-16-15(22)17-14(18)11-4-5-12-13(8-11)21-9-20-12/h4-5,8,10H,3,6-7,9H2,1-2H3,(H2,16,17,18,22). The van der Waals surface area contributed by atoms with E-state index in [1.807, 2.05) is 13.8 Å². The zero-order valence-electron chi connectivity index (χ0n) is 12.7. The van der Waals surface area contributed by atoms with Crippen molar-refractivity contribution >= 4 is 23.2 Å². The molecule has 0 saturated heterocycles. The minimum absolute atomic E-state index is 0.179. The fraction of sp³-hybridized carbons (Fsp3) is 0.467. The van der Waals surface area contributed by atoms with Crippen LogP contribution in [0.3, 0.4) is 0 Å². The molecule has 2 N–H and O–H groups in total. The lowest BCUT2D eigenvalue weighted by molar-refractivity contribution is 0.0777. The van der Waals surface area contributed by atoms with Crippen molar-refractivity contribution in [2.24, 2.45) is 0 Å². The van der Waals surface area contributed by atoms with Crippen LogP contribution in [-0.2, 0) is 4.74 Å². The van der Waals surface area contributed by atoms with Crippen molar-refractivity contribution in [2.45, 2.75) is 26.4 Å². The highest BCUT2D eigenvalue weighted by atomic mass is 32.1. The van der Waals surface area contributed by atoms with E-state index in [0.29, 0.717) is 35.3 Å². The van der Waals surface area contributed by atoms with Gasteiger partial charge in [-0.1, -0.05) is 0 Å². The molecule has 0 saturated carbocycles. The van der Waals surface area contributed by atoms with Gasteiger partial charge in [-0.25, -0.2) is 0 Å². The molecule has 1 amide bonds. The molecule has 0 atom stereocenters. The Balaban J connectivity index is 1.73. The molecule has 120 valence electrons. The number of amides is 1. The van der Waals surface area contributed by atoms with E-state index in [4.69, 9.17) is 26.4 Å². The molecule has 0 fully saturated rings. The molecule has 0 spiro atoms. The normalized spacial score (nSPS) is 12.3. The van der Waals surface area contributed by atoms with Gasteiger partial charge in [0.15, 0.2) is 16.6 Å². The Morgan fingerprint density at radius 2 is 2.14 bits per heavy atom. The third-order valence-corrected chi connectivity index (χ3v) is 3.17. The first-order chi connectivity index (χ1) is 10.6. The van der Waals surface area contributed by atoms with E-state index < -0.39 is 0 Å². The van der Waals surface area contributed by atoms with Gasteiger partial charge in [0, 0.05) is 18.7 Å². The lowest BCUT2D eigenvalue weighted by atomic mass is 10.2. The number of benzene rings is 1. The van der Waals surface area contributed by atoms with Crippen molar-refractivity contribution in [3.63, 3.8) is 0 Å². The first-order valence-corrected chi connectivity index (χ1v) is 7.57. The molecule has 1 aliphatic rings. The van der Waals surface area contributed by atoms with Crippen LogP contribution >= 0.6 is 12.2 Å². The van der Waals surface area contributed by atoms with Gasteiger partial charge in [-0.3, -0.25) is 10.1 Å². The topological polar surface area (TPSA) is 68.8 Å². The molecule has 6 nitrogen and oxygen atoms in total. The van der Waals surface area contributed by atoms with Crippen LogP contribution in [0.1, 0.15) is 30.6 Å². The van der Waals surface area contributed by atoms with E-state index in [-0.39, 0.29) is 18.8 Å². The number of carbonyl (C=O) groups is 1. The summed E-state index contributed by atoms with van der Waals surface area (Å²) in [5.74, 6) is 0.925. The van der Waals surface area contributed by atoms with Crippen LogP contribution in [-0.4, -0.2) is 37.1 Å². The molecule has 0 unspecified atom stereocenters. The summed E-state index contributed by atoms with van der Waals surface area (Å²) in [6, 6.07) is 5.01. The number of thiocarbonyl (C=S) groups is 1.